The van der Waals surface area contributed by atoms with E-state index in [1.807, 2.05) is 18.2 Å². The molecule has 6 rings (SSSR count). The summed E-state index contributed by atoms with van der Waals surface area (Å²) >= 11 is 0. The highest BCUT2D eigenvalue weighted by Crippen LogP contribution is 2.43. The number of rotatable bonds is 1. The molecule has 3 heteroatoms. The summed E-state index contributed by atoms with van der Waals surface area (Å²) in [6.45, 7) is 7.54. The molecule has 0 aliphatic carbocycles. The van der Waals surface area contributed by atoms with Crippen molar-refractivity contribution in [3.63, 3.8) is 0 Å². The Labute approximate surface area is 178 Å². The van der Waals surface area contributed by atoms with Crippen LogP contribution in [0.1, 0.15) is 5.56 Å². The number of hydrogen-bond acceptors (Lipinski definition) is 1. The Morgan fingerprint density at radius 3 is 2.00 bits per heavy atom. The molecule has 0 atom stereocenters. The van der Waals surface area contributed by atoms with Crippen LogP contribution in [-0.2, 0) is 0 Å². The van der Waals surface area contributed by atoms with Crippen molar-refractivity contribution in [2.45, 2.75) is 0 Å². The van der Waals surface area contributed by atoms with Gasteiger partial charge in [0.25, 0.3) is 0 Å². The monoisotopic (exact) mass is 393 g/mol. The number of nitriles is 1. The van der Waals surface area contributed by atoms with E-state index < -0.39 is 0 Å². The van der Waals surface area contributed by atoms with Crippen LogP contribution in [0, 0.1) is 17.9 Å². The second-order valence-corrected chi connectivity index (χ2v) is 7.56. The van der Waals surface area contributed by atoms with Crippen LogP contribution >= 0.6 is 0 Å². The van der Waals surface area contributed by atoms with E-state index in [1.54, 1.807) is 6.07 Å². The highest BCUT2D eigenvalue weighted by Gasteiger charge is 2.20. The standard InChI is InChI=1S/C28H15N3/c1-30-24-14-8-16-26(23(24)17-29)31-25-15-7-6-13-22(25)27-20-11-4-2-9-18(20)19-10-3-5-12-21(19)28(27)31/h2-16H. The maximum Gasteiger partial charge on any atom is 0.206 e. The zero-order valence-corrected chi connectivity index (χ0v) is 16.5. The van der Waals surface area contributed by atoms with Crippen LogP contribution in [0.25, 0.3) is 53.9 Å². The maximum absolute atomic E-state index is 9.95. The minimum absolute atomic E-state index is 0.371. The lowest BCUT2D eigenvalue weighted by Gasteiger charge is -2.13. The lowest BCUT2D eigenvalue weighted by molar-refractivity contribution is 1.18. The van der Waals surface area contributed by atoms with Crippen LogP contribution in [-0.4, -0.2) is 4.57 Å². The number of benzene rings is 5. The molecule has 0 unspecified atom stereocenters. The molecule has 0 fully saturated rings. The molecule has 31 heavy (non-hydrogen) atoms. The van der Waals surface area contributed by atoms with Crippen LogP contribution in [0.3, 0.4) is 0 Å². The molecule has 1 heterocycles. The van der Waals surface area contributed by atoms with Gasteiger partial charge in [-0.3, -0.25) is 0 Å². The van der Waals surface area contributed by atoms with Crippen molar-refractivity contribution in [2.24, 2.45) is 0 Å². The highest BCUT2D eigenvalue weighted by atomic mass is 15.0. The minimum Gasteiger partial charge on any atom is -0.309 e. The van der Waals surface area contributed by atoms with Gasteiger partial charge in [-0.15, -0.1) is 0 Å². The summed E-state index contributed by atoms with van der Waals surface area (Å²) in [6, 6.07) is 33.0. The van der Waals surface area contributed by atoms with Gasteiger partial charge in [0, 0.05) is 16.2 Å². The van der Waals surface area contributed by atoms with Crippen molar-refractivity contribution < 1.29 is 0 Å². The second-order valence-electron chi connectivity index (χ2n) is 7.56. The van der Waals surface area contributed by atoms with Gasteiger partial charge in [0.05, 0.1) is 34.9 Å². The number of fused-ring (bicyclic) bond motifs is 8. The average Bonchev–Trinajstić information content (AvgIpc) is 3.19. The Kier molecular flexibility index (Phi) is 3.60. The molecule has 0 saturated carbocycles. The summed E-state index contributed by atoms with van der Waals surface area (Å²) in [5.74, 6) is 0. The molecule has 142 valence electrons. The van der Waals surface area contributed by atoms with E-state index in [4.69, 9.17) is 6.57 Å². The van der Waals surface area contributed by atoms with Gasteiger partial charge in [-0.05, 0) is 28.3 Å². The van der Waals surface area contributed by atoms with Crippen molar-refractivity contribution in [1.82, 2.24) is 4.57 Å². The van der Waals surface area contributed by atoms with Gasteiger partial charge in [0.15, 0.2) is 0 Å². The van der Waals surface area contributed by atoms with Gasteiger partial charge >= 0.3 is 0 Å². The molecule has 6 aromatic rings. The smallest absolute Gasteiger partial charge is 0.206 e. The van der Waals surface area contributed by atoms with E-state index >= 15 is 0 Å². The van der Waals surface area contributed by atoms with Crippen molar-refractivity contribution in [1.29, 1.82) is 5.26 Å². The summed E-state index contributed by atoms with van der Waals surface area (Å²) in [4.78, 5) is 3.60. The van der Waals surface area contributed by atoms with E-state index in [-0.39, 0.29) is 0 Å². The maximum atomic E-state index is 9.95. The lowest BCUT2D eigenvalue weighted by Crippen LogP contribution is -1.98. The first-order valence-electron chi connectivity index (χ1n) is 10.1. The molecular formula is C28H15N3. The Hall–Kier alpha value is -4.60. The third-order valence-corrected chi connectivity index (χ3v) is 6.04. The first-order valence-corrected chi connectivity index (χ1v) is 10.1. The van der Waals surface area contributed by atoms with Crippen LogP contribution in [0.15, 0.2) is 91.0 Å². The van der Waals surface area contributed by atoms with E-state index in [0.717, 1.165) is 27.5 Å². The quantitative estimate of drug-likeness (QED) is 0.210. The summed E-state index contributed by atoms with van der Waals surface area (Å²) in [5.41, 5.74) is 3.60. The van der Waals surface area contributed by atoms with Crippen LogP contribution in [0.5, 0.6) is 0 Å². The fraction of sp³-hybridized carbons (Fsp3) is 0. The normalized spacial score (nSPS) is 11.2. The van der Waals surface area contributed by atoms with Crippen molar-refractivity contribution in [2.75, 3.05) is 0 Å². The van der Waals surface area contributed by atoms with Crippen LogP contribution < -0.4 is 0 Å². The molecule has 0 radical (unpaired) electrons. The molecule has 0 bridgehead atoms. The number of aromatic nitrogens is 1. The Balaban J connectivity index is 1.99. The fourth-order valence-electron chi connectivity index (χ4n) is 4.80. The average molecular weight is 393 g/mol. The van der Waals surface area contributed by atoms with E-state index in [1.165, 1.54) is 21.5 Å². The van der Waals surface area contributed by atoms with Gasteiger partial charge in [0.1, 0.15) is 0 Å². The topological polar surface area (TPSA) is 33.1 Å². The SMILES string of the molecule is [C-]#[N+]c1cccc(-n2c3ccccc3c3c4ccccc4c4ccccc4c32)c1C#N. The van der Waals surface area contributed by atoms with Crippen molar-refractivity contribution >= 4 is 49.0 Å². The third-order valence-electron chi connectivity index (χ3n) is 6.04. The van der Waals surface area contributed by atoms with Gasteiger partial charge in [0.2, 0.25) is 5.69 Å². The molecule has 0 aliphatic rings. The summed E-state index contributed by atoms with van der Waals surface area (Å²) in [5, 5.41) is 17.0. The zero-order chi connectivity index (χ0) is 20.9. The Bertz CT molecular complexity index is 1760. The Morgan fingerprint density at radius 2 is 1.29 bits per heavy atom. The third kappa shape index (κ3) is 2.26. The van der Waals surface area contributed by atoms with Crippen LogP contribution in [0.4, 0.5) is 5.69 Å². The molecule has 0 N–H and O–H groups in total. The van der Waals surface area contributed by atoms with E-state index in [2.05, 4.69) is 82.2 Å². The molecule has 5 aromatic carbocycles. The molecule has 3 nitrogen and oxygen atoms in total. The van der Waals surface area contributed by atoms with Gasteiger partial charge in [-0.2, -0.15) is 5.26 Å². The summed E-state index contributed by atoms with van der Waals surface area (Å²) in [6.07, 6.45) is 0. The predicted molar refractivity (Wildman–Crippen MR) is 127 cm³/mol. The second kappa shape index (κ2) is 6.46. The molecule has 1 aromatic heterocycles. The zero-order valence-electron chi connectivity index (χ0n) is 16.5. The first kappa shape index (κ1) is 17.3. The van der Waals surface area contributed by atoms with Crippen molar-refractivity contribution in [3.05, 3.63) is 108 Å². The Morgan fingerprint density at radius 1 is 0.677 bits per heavy atom. The summed E-state index contributed by atoms with van der Waals surface area (Å²) in [7, 11) is 0. The van der Waals surface area contributed by atoms with Gasteiger partial charge in [-0.1, -0.05) is 78.9 Å². The van der Waals surface area contributed by atoms with Crippen LogP contribution in [0.2, 0.25) is 0 Å². The molecule has 0 amide bonds. The molecule has 0 aliphatic heterocycles. The van der Waals surface area contributed by atoms with Gasteiger partial charge < -0.3 is 4.57 Å². The molecular weight excluding hydrogens is 378 g/mol. The minimum atomic E-state index is 0.371. The lowest BCUT2D eigenvalue weighted by atomic mass is 9.97. The number of nitrogens with zero attached hydrogens (tertiary/aromatic N) is 3. The van der Waals surface area contributed by atoms with Gasteiger partial charge in [-0.25, -0.2) is 4.85 Å². The predicted octanol–water partition coefficient (Wildman–Crippen LogP) is 7.51. The highest BCUT2D eigenvalue weighted by molar-refractivity contribution is 6.32. The number of para-hydroxylation sites is 1. The fourth-order valence-corrected chi connectivity index (χ4v) is 4.80. The summed E-state index contributed by atoms with van der Waals surface area (Å²) < 4.78 is 2.16. The molecule has 0 spiro atoms. The van der Waals surface area contributed by atoms with E-state index in [0.29, 0.717) is 11.3 Å². The first-order chi connectivity index (χ1) is 15.3. The molecule has 0 saturated heterocycles. The van der Waals surface area contributed by atoms with E-state index in [9.17, 15) is 5.26 Å². The van der Waals surface area contributed by atoms with Crippen molar-refractivity contribution in [3.8, 4) is 11.8 Å². The largest absolute Gasteiger partial charge is 0.309 e. The number of hydrogen-bond donors (Lipinski definition) is 0.